The lowest BCUT2D eigenvalue weighted by Crippen LogP contribution is -2.09. The Morgan fingerprint density at radius 3 is 1.97 bits per heavy atom. The molecular weight excluding hydrogens is 420 g/mol. The molecule has 1 rings (SSSR count). The number of aromatic hydroxyl groups is 1. The van der Waals surface area contributed by atoms with Gasteiger partial charge < -0.3 is 9.84 Å². The fourth-order valence-corrected chi connectivity index (χ4v) is 4.79. The van der Waals surface area contributed by atoms with Crippen molar-refractivity contribution in [3.8, 4) is 11.5 Å². The monoisotopic (exact) mass is 472 g/mol. The van der Waals surface area contributed by atoms with Crippen LogP contribution < -0.4 is 4.74 Å². The number of benzene rings is 1. The molecule has 0 heterocycles. The Morgan fingerprint density at radius 1 is 0.853 bits per heavy atom. The number of rotatable bonds is 15. The van der Waals surface area contributed by atoms with Gasteiger partial charge in [0.1, 0.15) is 11.5 Å². The minimum atomic E-state index is -0.329. The molecule has 3 atom stereocenters. The van der Waals surface area contributed by atoms with Gasteiger partial charge in [-0.3, -0.25) is 4.79 Å². The van der Waals surface area contributed by atoms with Crippen LogP contribution in [-0.4, -0.2) is 11.1 Å². The molecule has 34 heavy (non-hydrogen) atoms. The van der Waals surface area contributed by atoms with Gasteiger partial charge in [0.25, 0.3) is 0 Å². The second-order valence-electron chi connectivity index (χ2n) is 11.3. The van der Waals surface area contributed by atoms with Gasteiger partial charge in [-0.25, -0.2) is 0 Å². The van der Waals surface area contributed by atoms with Crippen molar-refractivity contribution in [3.05, 3.63) is 34.4 Å². The van der Waals surface area contributed by atoms with Gasteiger partial charge in [0, 0.05) is 12.5 Å². The summed E-state index contributed by atoms with van der Waals surface area (Å²) in [5.41, 5.74) is 3.36. The van der Waals surface area contributed by atoms with E-state index in [9.17, 15) is 9.90 Å². The van der Waals surface area contributed by atoms with E-state index >= 15 is 0 Å². The molecule has 0 aliphatic rings. The van der Waals surface area contributed by atoms with Crippen LogP contribution in [-0.2, 0) is 11.2 Å². The highest BCUT2D eigenvalue weighted by atomic mass is 16.5. The van der Waals surface area contributed by atoms with E-state index in [1.54, 1.807) is 0 Å². The first-order chi connectivity index (χ1) is 15.9. The van der Waals surface area contributed by atoms with Gasteiger partial charge in [0.2, 0.25) is 0 Å². The van der Waals surface area contributed by atoms with Crippen LogP contribution in [0, 0.1) is 44.4 Å². The van der Waals surface area contributed by atoms with Gasteiger partial charge >= 0.3 is 5.97 Å². The summed E-state index contributed by atoms with van der Waals surface area (Å²) >= 11 is 0. The summed E-state index contributed by atoms with van der Waals surface area (Å²) in [5, 5.41) is 10.7. The lowest BCUT2D eigenvalue weighted by Gasteiger charge is -2.19. The van der Waals surface area contributed by atoms with Crippen molar-refractivity contribution in [3.63, 3.8) is 0 Å². The molecule has 0 saturated carbocycles. The maximum absolute atomic E-state index is 11.5. The van der Waals surface area contributed by atoms with Crippen molar-refractivity contribution in [1.82, 2.24) is 0 Å². The first-order valence-electron chi connectivity index (χ1n) is 13.6. The minimum absolute atomic E-state index is 0.305. The van der Waals surface area contributed by atoms with E-state index in [0.717, 1.165) is 52.8 Å². The summed E-state index contributed by atoms with van der Waals surface area (Å²) in [6.07, 6.45) is 15.8. The van der Waals surface area contributed by atoms with Crippen molar-refractivity contribution >= 4 is 5.97 Å². The number of esters is 1. The van der Waals surface area contributed by atoms with Crippen LogP contribution in [0.4, 0.5) is 0 Å². The van der Waals surface area contributed by atoms with E-state index in [1.165, 1.54) is 51.9 Å². The third-order valence-electron chi connectivity index (χ3n) is 7.27. The molecule has 0 aliphatic carbocycles. The molecule has 3 unspecified atom stereocenters. The fraction of sp³-hybridized carbons (Fsp3) is 0.710. The van der Waals surface area contributed by atoms with Gasteiger partial charge in [-0.05, 0) is 80.4 Å². The van der Waals surface area contributed by atoms with Crippen molar-refractivity contribution in [2.75, 3.05) is 0 Å². The lowest BCUT2D eigenvalue weighted by molar-refractivity contribution is -0.131. The van der Waals surface area contributed by atoms with E-state index in [2.05, 4.69) is 46.8 Å². The maximum Gasteiger partial charge on any atom is 0.308 e. The SMILES string of the molecule is CC(=O)Oc1c(C)c(C)c(O)c(CC(C)C=CCCC(C)CCCC(C)CCCC(C)C)c1C. The third kappa shape index (κ3) is 10.7. The van der Waals surface area contributed by atoms with Gasteiger partial charge in [-0.1, -0.05) is 85.3 Å². The molecule has 1 aromatic rings. The van der Waals surface area contributed by atoms with Crippen LogP contribution in [0.5, 0.6) is 11.5 Å². The normalized spacial score (nSPS) is 14.5. The third-order valence-corrected chi connectivity index (χ3v) is 7.27. The predicted octanol–water partition coefficient (Wildman–Crippen LogP) is 9.03. The zero-order valence-electron chi connectivity index (χ0n) is 23.6. The van der Waals surface area contributed by atoms with E-state index in [0.29, 0.717) is 17.4 Å². The summed E-state index contributed by atoms with van der Waals surface area (Å²) in [7, 11) is 0. The molecule has 0 amide bonds. The van der Waals surface area contributed by atoms with Crippen molar-refractivity contribution in [1.29, 1.82) is 0 Å². The van der Waals surface area contributed by atoms with Gasteiger partial charge in [-0.15, -0.1) is 0 Å². The van der Waals surface area contributed by atoms with Crippen LogP contribution in [0.3, 0.4) is 0 Å². The average Bonchev–Trinajstić information content (AvgIpc) is 2.75. The highest BCUT2D eigenvalue weighted by Crippen LogP contribution is 2.38. The Morgan fingerprint density at radius 2 is 1.41 bits per heavy atom. The molecule has 1 aromatic carbocycles. The van der Waals surface area contributed by atoms with E-state index in [1.807, 2.05) is 20.8 Å². The Hall–Kier alpha value is -1.77. The second kappa shape index (κ2) is 15.3. The number of phenols is 1. The summed E-state index contributed by atoms with van der Waals surface area (Å²) in [4.78, 5) is 11.5. The van der Waals surface area contributed by atoms with Crippen molar-refractivity contribution in [2.45, 2.75) is 120 Å². The number of carbonyl (C=O) groups is 1. The van der Waals surface area contributed by atoms with Gasteiger partial charge in [0.05, 0.1) is 0 Å². The van der Waals surface area contributed by atoms with Crippen LogP contribution in [0.1, 0.15) is 115 Å². The molecular formula is C31H52O3. The zero-order chi connectivity index (χ0) is 25.8. The van der Waals surface area contributed by atoms with Gasteiger partial charge in [-0.2, -0.15) is 0 Å². The highest BCUT2D eigenvalue weighted by Gasteiger charge is 2.20. The Labute approximate surface area is 210 Å². The molecule has 0 aromatic heterocycles. The molecule has 3 heteroatoms. The molecule has 1 N–H and O–H groups in total. The van der Waals surface area contributed by atoms with Crippen LogP contribution in [0.2, 0.25) is 0 Å². The first-order valence-corrected chi connectivity index (χ1v) is 13.6. The average molecular weight is 473 g/mol. The summed E-state index contributed by atoms with van der Waals surface area (Å²) in [6.45, 7) is 18.7. The van der Waals surface area contributed by atoms with Gasteiger partial charge in [0.15, 0.2) is 0 Å². The van der Waals surface area contributed by atoms with Crippen LogP contribution in [0.25, 0.3) is 0 Å². The van der Waals surface area contributed by atoms with Crippen molar-refractivity contribution < 1.29 is 14.6 Å². The van der Waals surface area contributed by atoms with Crippen molar-refractivity contribution in [2.24, 2.45) is 23.7 Å². The largest absolute Gasteiger partial charge is 0.507 e. The van der Waals surface area contributed by atoms with Crippen LogP contribution in [0.15, 0.2) is 12.2 Å². The molecule has 0 bridgehead atoms. The minimum Gasteiger partial charge on any atom is -0.507 e. The smallest absolute Gasteiger partial charge is 0.308 e. The number of hydrogen-bond donors (Lipinski definition) is 1. The molecule has 194 valence electrons. The van der Waals surface area contributed by atoms with E-state index in [-0.39, 0.29) is 5.97 Å². The summed E-state index contributed by atoms with van der Waals surface area (Å²) in [6, 6.07) is 0. The molecule has 0 spiro atoms. The number of carbonyl (C=O) groups excluding carboxylic acids is 1. The second-order valence-corrected chi connectivity index (χ2v) is 11.3. The Balaban J connectivity index is 2.48. The number of hydrogen-bond acceptors (Lipinski definition) is 3. The molecule has 0 fully saturated rings. The standard InChI is InChI=1S/C31H52O3/c1-21(2)14-12-17-23(4)19-13-18-22(3)15-10-11-16-24(5)20-29-27(8)31(34-28(9)32)26(7)25(6)30(29)33/h11,16,21-24,33H,10,12-15,17-20H2,1-9H3. The quantitative estimate of drug-likeness (QED) is 0.157. The topological polar surface area (TPSA) is 46.5 Å². The van der Waals surface area contributed by atoms with E-state index in [4.69, 9.17) is 4.74 Å². The molecule has 0 saturated heterocycles. The molecule has 0 radical (unpaired) electrons. The zero-order valence-corrected chi connectivity index (χ0v) is 23.6. The molecule has 0 aliphatic heterocycles. The molecule has 3 nitrogen and oxygen atoms in total. The fourth-order valence-electron chi connectivity index (χ4n) is 4.79. The maximum atomic E-state index is 11.5. The lowest BCUT2D eigenvalue weighted by atomic mass is 9.90. The van der Waals surface area contributed by atoms with Crippen LogP contribution >= 0.6 is 0 Å². The number of allylic oxidation sites excluding steroid dienone is 2. The highest BCUT2D eigenvalue weighted by molar-refractivity contribution is 5.72. The number of phenolic OH excluding ortho intramolecular Hbond substituents is 1. The predicted molar refractivity (Wildman–Crippen MR) is 146 cm³/mol. The van der Waals surface area contributed by atoms with E-state index < -0.39 is 0 Å². The summed E-state index contributed by atoms with van der Waals surface area (Å²) in [5.74, 6) is 3.36. The first kappa shape index (κ1) is 30.3. The Bertz CT molecular complexity index is 791. The Kier molecular flexibility index (Phi) is 13.6. The number of ether oxygens (including phenoxy) is 1. The summed E-state index contributed by atoms with van der Waals surface area (Å²) < 4.78 is 5.47.